The number of aliphatic hydroxyl groups is 1. The second-order valence-electron chi connectivity index (χ2n) is 4.57. The average Bonchev–Trinajstić information content (AvgIpc) is 2.74. The van der Waals surface area contributed by atoms with E-state index in [1.807, 2.05) is 18.2 Å². The summed E-state index contributed by atoms with van der Waals surface area (Å²) in [6.45, 7) is 4.24. The summed E-state index contributed by atoms with van der Waals surface area (Å²) < 4.78 is 5.62. The van der Waals surface area contributed by atoms with Gasteiger partial charge in [-0.2, -0.15) is 0 Å². The number of halogens is 1. The molecule has 0 radical (unpaired) electrons. The van der Waals surface area contributed by atoms with Crippen LogP contribution in [0.3, 0.4) is 0 Å². The fourth-order valence-corrected chi connectivity index (χ4v) is 2.10. The smallest absolute Gasteiger partial charge is 0.152 e. The average molecular weight is 253 g/mol. The minimum atomic E-state index is -0.548. The van der Waals surface area contributed by atoms with Crippen LogP contribution < -0.4 is 0 Å². The molecule has 1 N–H and O–H groups in total. The second-order valence-corrected chi connectivity index (χ2v) is 4.98. The summed E-state index contributed by atoms with van der Waals surface area (Å²) in [5, 5.41) is 11.6. The van der Waals surface area contributed by atoms with Gasteiger partial charge in [0.2, 0.25) is 0 Å². The first kappa shape index (κ1) is 12.5. The lowest BCUT2D eigenvalue weighted by Gasteiger charge is -2.12. The molecule has 17 heavy (non-hydrogen) atoms. The number of furan rings is 1. The monoisotopic (exact) mass is 252 g/mol. The number of hydrogen-bond donors (Lipinski definition) is 1. The molecule has 92 valence electrons. The standard InChI is InChI=1S/C14H17ClO2/c1-3-9(2)7-12(16)13-8-10-5-4-6-11(15)14(10)17-13/h4-6,8-9,12,16H,3,7H2,1-2H3. The third-order valence-corrected chi connectivity index (χ3v) is 3.46. The summed E-state index contributed by atoms with van der Waals surface area (Å²) >= 11 is 6.03. The molecule has 1 heterocycles. The number of benzene rings is 1. The highest BCUT2D eigenvalue weighted by molar-refractivity contribution is 6.34. The maximum atomic E-state index is 10.1. The van der Waals surface area contributed by atoms with Crippen molar-refractivity contribution >= 4 is 22.6 Å². The van der Waals surface area contributed by atoms with E-state index in [0.29, 0.717) is 28.7 Å². The van der Waals surface area contributed by atoms with E-state index in [1.165, 1.54) is 0 Å². The van der Waals surface area contributed by atoms with Crippen molar-refractivity contribution < 1.29 is 9.52 Å². The normalized spacial score (nSPS) is 15.1. The molecule has 2 unspecified atom stereocenters. The van der Waals surface area contributed by atoms with Gasteiger partial charge < -0.3 is 9.52 Å². The van der Waals surface area contributed by atoms with Crippen LogP contribution in [0.15, 0.2) is 28.7 Å². The van der Waals surface area contributed by atoms with Gasteiger partial charge in [0.15, 0.2) is 5.58 Å². The third kappa shape index (κ3) is 2.64. The number of para-hydroxylation sites is 1. The predicted octanol–water partition coefficient (Wildman–Crippen LogP) is 4.56. The second kappa shape index (κ2) is 5.11. The van der Waals surface area contributed by atoms with Crippen LogP contribution in [0.1, 0.15) is 38.6 Å². The summed E-state index contributed by atoms with van der Waals surface area (Å²) in [5.41, 5.74) is 0.660. The van der Waals surface area contributed by atoms with Gasteiger partial charge in [0.25, 0.3) is 0 Å². The molecule has 2 atom stereocenters. The van der Waals surface area contributed by atoms with Crippen LogP contribution in [0.4, 0.5) is 0 Å². The van der Waals surface area contributed by atoms with E-state index in [9.17, 15) is 5.11 Å². The van der Waals surface area contributed by atoms with Gasteiger partial charge in [-0.1, -0.05) is 44.0 Å². The zero-order chi connectivity index (χ0) is 12.4. The fraction of sp³-hybridized carbons (Fsp3) is 0.429. The van der Waals surface area contributed by atoms with Crippen LogP contribution in [0.5, 0.6) is 0 Å². The Morgan fingerprint density at radius 1 is 1.41 bits per heavy atom. The van der Waals surface area contributed by atoms with Crippen molar-refractivity contribution in [2.45, 2.75) is 32.8 Å². The molecule has 1 aromatic heterocycles. The zero-order valence-corrected chi connectivity index (χ0v) is 10.9. The number of fused-ring (bicyclic) bond motifs is 1. The van der Waals surface area contributed by atoms with Crippen molar-refractivity contribution in [1.82, 2.24) is 0 Å². The van der Waals surface area contributed by atoms with E-state index in [1.54, 1.807) is 6.07 Å². The quantitative estimate of drug-likeness (QED) is 0.866. The molecule has 2 rings (SSSR count). The lowest BCUT2D eigenvalue weighted by molar-refractivity contribution is 0.124. The largest absolute Gasteiger partial charge is 0.457 e. The molecule has 2 aromatic rings. The molecule has 0 spiro atoms. The maximum Gasteiger partial charge on any atom is 0.152 e. The molecular formula is C14H17ClO2. The van der Waals surface area contributed by atoms with Gasteiger partial charge >= 0.3 is 0 Å². The molecule has 0 aliphatic rings. The van der Waals surface area contributed by atoms with E-state index in [0.717, 1.165) is 11.8 Å². The Bertz CT molecular complexity index is 504. The van der Waals surface area contributed by atoms with E-state index in [-0.39, 0.29) is 0 Å². The molecule has 0 saturated heterocycles. The van der Waals surface area contributed by atoms with Gasteiger partial charge in [0.1, 0.15) is 11.9 Å². The van der Waals surface area contributed by atoms with Crippen LogP contribution in [-0.2, 0) is 0 Å². The number of aliphatic hydroxyl groups excluding tert-OH is 1. The first-order valence-corrected chi connectivity index (χ1v) is 6.35. The first-order valence-electron chi connectivity index (χ1n) is 5.97. The Labute approximate surface area is 106 Å². The SMILES string of the molecule is CCC(C)CC(O)c1cc2cccc(Cl)c2o1. The molecule has 0 saturated carbocycles. The lowest BCUT2D eigenvalue weighted by atomic mass is 10.00. The predicted molar refractivity (Wildman–Crippen MR) is 70.3 cm³/mol. The lowest BCUT2D eigenvalue weighted by Crippen LogP contribution is -2.02. The van der Waals surface area contributed by atoms with Crippen LogP contribution in [0.25, 0.3) is 11.0 Å². The Kier molecular flexibility index (Phi) is 3.75. The van der Waals surface area contributed by atoms with Crippen molar-refractivity contribution in [3.8, 4) is 0 Å². The molecule has 1 aromatic carbocycles. The van der Waals surface area contributed by atoms with Crippen LogP contribution in [0.2, 0.25) is 5.02 Å². The summed E-state index contributed by atoms with van der Waals surface area (Å²) in [4.78, 5) is 0. The van der Waals surface area contributed by atoms with Crippen molar-refractivity contribution in [1.29, 1.82) is 0 Å². The van der Waals surface area contributed by atoms with Crippen molar-refractivity contribution in [3.63, 3.8) is 0 Å². The van der Waals surface area contributed by atoms with E-state index < -0.39 is 6.10 Å². The van der Waals surface area contributed by atoms with Crippen LogP contribution in [0, 0.1) is 5.92 Å². The van der Waals surface area contributed by atoms with Gasteiger partial charge in [-0.3, -0.25) is 0 Å². The molecule has 0 fully saturated rings. The molecule has 3 heteroatoms. The molecular weight excluding hydrogens is 236 g/mol. The van der Waals surface area contributed by atoms with Gasteiger partial charge in [-0.05, 0) is 24.5 Å². The number of hydrogen-bond acceptors (Lipinski definition) is 2. The number of rotatable bonds is 4. The minimum Gasteiger partial charge on any atom is -0.457 e. The third-order valence-electron chi connectivity index (χ3n) is 3.17. The van der Waals surface area contributed by atoms with Crippen molar-refractivity contribution in [2.75, 3.05) is 0 Å². The van der Waals surface area contributed by atoms with E-state index in [2.05, 4.69) is 13.8 Å². The topological polar surface area (TPSA) is 33.4 Å². The highest BCUT2D eigenvalue weighted by Crippen LogP contribution is 2.31. The molecule has 0 bridgehead atoms. The maximum absolute atomic E-state index is 10.1. The highest BCUT2D eigenvalue weighted by Gasteiger charge is 2.16. The Morgan fingerprint density at radius 2 is 2.18 bits per heavy atom. The molecule has 0 aliphatic heterocycles. The summed E-state index contributed by atoms with van der Waals surface area (Å²) in [7, 11) is 0. The zero-order valence-electron chi connectivity index (χ0n) is 10.1. The van der Waals surface area contributed by atoms with Gasteiger partial charge in [0, 0.05) is 5.39 Å². The Hall–Kier alpha value is -0.990. The Morgan fingerprint density at radius 3 is 2.82 bits per heavy atom. The van der Waals surface area contributed by atoms with Gasteiger partial charge in [-0.15, -0.1) is 0 Å². The van der Waals surface area contributed by atoms with E-state index in [4.69, 9.17) is 16.0 Å². The van der Waals surface area contributed by atoms with E-state index >= 15 is 0 Å². The van der Waals surface area contributed by atoms with Gasteiger partial charge in [0.05, 0.1) is 5.02 Å². The van der Waals surface area contributed by atoms with Crippen LogP contribution >= 0.6 is 11.6 Å². The first-order chi connectivity index (χ1) is 8.11. The minimum absolute atomic E-state index is 0.480. The summed E-state index contributed by atoms with van der Waals surface area (Å²) in [6.07, 6.45) is 1.22. The molecule has 0 amide bonds. The Balaban J connectivity index is 2.27. The van der Waals surface area contributed by atoms with Crippen LogP contribution in [-0.4, -0.2) is 5.11 Å². The van der Waals surface area contributed by atoms with Gasteiger partial charge in [-0.25, -0.2) is 0 Å². The van der Waals surface area contributed by atoms with Crippen molar-refractivity contribution in [3.05, 3.63) is 35.0 Å². The molecule has 0 aliphatic carbocycles. The summed E-state index contributed by atoms with van der Waals surface area (Å²) in [5.74, 6) is 1.09. The molecule has 2 nitrogen and oxygen atoms in total. The highest BCUT2D eigenvalue weighted by atomic mass is 35.5. The fourth-order valence-electron chi connectivity index (χ4n) is 1.88. The van der Waals surface area contributed by atoms with Crippen molar-refractivity contribution in [2.24, 2.45) is 5.92 Å². The summed E-state index contributed by atoms with van der Waals surface area (Å²) in [6, 6.07) is 7.47.